The molecule has 0 aromatic heterocycles. The molecule has 0 saturated heterocycles. The van der Waals surface area contributed by atoms with E-state index in [1.54, 1.807) is 13.3 Å². The Balaban J connectivity index is 3.35. The van der Waals surface area contributed by atoms with Crippen molar-refractivity contribution in [2.24, 2.45) is 4.99 Å². The van der Waals surface area contributed by atoms with E-state index >= 15 is 0 Å². The lowest BCUT2D eigenvalue weighted by molar-refractivity contribution is 1.10. The van der Waals surface area contributed by atoms with Crippen molar-refractivity contribution < 1.29 is 0 Å². The van der Waals surface area contributed by atoms with E-state index in [-0.39, 0.29) is 0 Å². The molecule has 0 heterocycles. The van der Waals surface area contributed by atoms with Gasteiger partial charge in [0.15, 0.2) is 0 Å². The van der Waals surface area contributed by atoms with Gasteiger partial charge in [0.05, 0.1) is 0 Å². The summed E-state index contributed by atoms with van der Waals surface area (Å²) < 4.78 is 0. The fourth-order valence-corrected chi connectivity index (χ4v) is 0.352. The quantitative estimate of drug-likeness (QED) is 0.440. The van der Waals surface area contributed by atoms with Gasteiger partial charge in [0.2, 0.25) is 0 Å². The molecule has 0 fully saturated rings. The number of hydrogen-bond donors (Lipinski definition) is 1. The molecule has 0 bridgehead atoms. The third-order valence-electron chi connectivity index (χ3n) is 0.720. The van der Waals surface area contributed by atoms with Gasteiger partial charge in [0, 0.05) is 20.3 Å². The smallest absolute Gasteiger partial charge is 0.0277 e. The van der Waals surface area contributed by atoms with Gasteiger partial charge in [-0.15, -0.1) is 0 Å². The predicted molar refractivity (Wildman–Crippen MR) is 41.8 cm³/mol. The number of allylic oxidation sites excluding steroid dienone is 3. The van der Waals surface area contributed by atoms with Gasteiger partial charge in [0.25, 0.3) is 0 Å². The van der Waals surface area contributed by atoms with E-state index in [1.807, 2.05) is 31.5 Å². The van der Waals surface area contributed by atoms with Crippen LogP contribution in [0.15, 0.2) is 29.4 Å². The van der Waals surface area contributed by atoms with Gasteiger partial charge in [-0.1, -0.05) is 6.08 Å². The summed E-state index contributed by atoms with van der Waals surface area (Å²) in [5.41, 5.74) is 0. The molecule has 0 aromatic carbocycles. The minimum atomic E-state index is 1.74. The van der Waals surface area contributed by atoms with E-state index in [1.165, 1.54) is 0 Å². The Kier molecular flexibility index (Phi) is 6.14. The standard InChI is InChI=1S/C7H12N2/c1-8-6-4-3-5-7-9-2/h3-8H,1-2H3. The average molecular weight is 124 g/mol. The van der Waals surface area contributed by atoms with Gasteiger partial charge in [-0.2, -0.15) is 0 Å². The summed E-state index contributed by atoms with van der Waals surface area (Å²) in [4.78, 5) is 3.77. The van der Waals surface area contributed by atoms with Crippen LogP contribution in [0.2, 0.25) is 0 Å². The Hall–Kier alpha value is -1.05. The fraction of sp³-hybridized carbons (Fsp3) is 0.286. The van der Waals surface area contributed by atoms with Gasteiger partial charge in [0.1, 0.15) is 0 Å². The molecule has 0 aliphatic carbocycles. The lowest BCUT2D eigenvalue weighted by Gasteiger charge is -1.78. The Labute approximate surface area is 56.0 Å². The summed E-state index contributed by atoms with van der Waals surface area (Å²) in [5.74, 6) is 0. The molecule has 2 heteroatoms. The van der Waals surface area contributed by atoms with Crippen LogP contribution in [0, 0.1) is 0 Å². The van der Waals surface area contributed by atoms with Crippen molar-refractivity contribution in [2.45, 2.75) is 0 Å². The second-order valence-electron chi connectivity index (χ2n) is 1.44. The monoisotopic (exact) mass is 124 g/mol. The van der Waals surface area contributed by atoms with E-state index in [4.69, 9.17) is 0 Å². The van der Waals surface area contributed by atoms with E-state index in [0.717, 1.165) is 0 Å². The summed E-state index contributed by atoms with van der Waals surface area (Å²) in [6.45, 7) is 0. The number of hydrogen-bond acceptors (Lipinski definition) is 2. The molecule has 2 nitrogen and oxygen atoms in total. The number of nitrogens with one attached hydrogen (secondary N) is 1. The maximum absolute atomic E-state index is 3.77. The van der Waals surface area contributed by atoms with Crippen molar-refractivity contribution >= 4 is 6.21 Å². The van der Waals surface area contributed by atoms with Crippen LogP contribution in [0.25, 0.3) is 0 Å². The maximum atomic E-state index is 3.77. The van der Waals surface area contributed by atoms with Crippen molar-refractivity contribution in [3.05, 3.63) is 24.4 Å². The Morgan fingerprint density at radius 2 is 2.00 bits per heavy atom. The Morgan fingerprint density at radius 1 is 1.22 bits per heavy atom. The van der Waals surface area contributed by atoms with E-state index < -0.39 is 0 Å². The highest BCUT2D eigenvalue weighted by molar-refractivity contribution is 5.71. The highest BCUT2D eigenvalue weighted by atomic mass is 14.8. The van der Waals surface area contributed by atoms with Crippen LogP contribution in [0.5, 0.6) is 0 Å². The molecule has 0 unspecified atom stereocenters. The molecule has 50 valence electrons. The van der Waals surface area contributed by atoms with E-state index in [0.29, 0.717) is 0 Å². The van der Waals surface area contributed by atoms with Crippen LogP contribution in [0.1, 0.15) is 0 Å². The van der Waals surface area contributed by atoms with Crippen LogP contribution in [-0.4, -0.2) is 20.3 Å². The van der Waals surface area contributed by atoms with Crippen molar-refractivity contribution in [1.29, 1.82) is 0 Å². The molecule has 9 heavy (non-hydrogen) atoms. The van der Waals surface area contributed by atoms with Crippen LogP contribution in [0.3, 0.4) is 0 Å². The van der Waals surface area contributed by atoms with Crippen LogP contribution in [0.4, 0.5) is 0 Å². The largest absolute Gasteiger partial charge is 0.394 e. The average Bonchev–Trinajstić information content (AvgIpc) is 1.89. The van der Waals surface area contributed by atoms with Gasteiger partial charge >= 0.3 is 0 Å². The number of aliphatic imine (C=N–C) groups is 1. The zero-order chi connectivity index (χ0) is 6.95. The first-order valence-electron chi connectivity index (χ1n) is 2.83. The molecule has 0 aliphatic rings. The summed E-state index contributed by atoms with van der Waals surface area (Å²) in [6.07, 6.45) is 9.26. The lowest BCUT2D eigenvalue weighted by Crippen LogP contribution is -1.89. The zero-order valence-corrected chi connectivity index (χ0v) is 5.83. The van der Waals surface area contributed by atoms with Crippen molar-refractivity contribution in [3.63, 3.8) is 0 Å². The maximum Gasteiger partial charge on any atom is 0.0277 e. The highest BCUT2D eigenvalue weighted by Crippen LogP contribution is 1.70. The molecule has 0 atom stereocenters. The molecule has 0 aliphatic heterocycles. The summed E-state index contributed by atoms with van der Waals surface area (Å²) in [5, 5.41) is 2.87. The molecule has 0 aromatic rings. The normalized spacial score (nSPS) is 12.2. The molecule has 0 rings (SSSR count). The second-order valence-corrected chi connectivity index (χ2v) is 1.44. The highest BCUT2D eigenvalue weighted by Gasteiger charge is 1.58. The Morgan fingerprint density at radius 3 is 2.56 bits per heavy atom. The third-order valence-corrected chi connectivity index (χ3v) is 0.720. The van der Waals surface area contributed by atoms with Gasteiger partial charge in [-0.3, -0.25) is 4.99 Å². The lowest BCUT2D eigenvalue weighted by atomic mass is 10.5. The second kappa shape index (κ2) is 6.95. The molecule has 0 saturated carbocycles. The molecular weight excluding hydrogens is 112 g/mol. The minimum absolute atomic E-state index is 1.74. The molecule has 0 radical (unpaired) electrons. The summed E-state index contributed by atoms with van der Waals surface area (Å²) in [7, 11) is 3.60. The first-order valence-corrected chi connectivity index (χ1v) is 2.83. The number of nitrogens with zero attached hydrogens (tertiary/aromatic N) is 1. The first kappa shape index (κ1) is 7.95. The Bertz CT molecular complexity index is 123. The third kappa shape index (κ3) is 6.95. The van der Waals surface area contributed by atoms with Gasteiger partial charge in [-0.25, -0.2) is 0 Å². The molecular formula is C7H12N2. The van der Waals surface area contributed by atoms with E-state index in [9.17, 15) is 0 Å². The van der Waals surface area contributed by atoms with Crippen LogP contribution in [-0.2, 0) is 0 Å². The van der Waals surface area contributed by atoms with Crippen molar-refractivity contribution in [2.75, 3.05) is 14.1 Å². The van der Waals surface area contributed by atoms with E-state index in [2.05, 4.69) is 10.3 Å². The molecule has 0 amide bonds. The van der Waals surface area contributed by atoms with Crippen molar-refractivity contribution in [3.8, 4) is 0 Å². The summed E-state index contributed by atoms with van der Waals surface area (Å²) >= 11 is 0. The first-order chi connectivity index (χ1) is 4.41. The zero-order valence-electron chi connectivity index (χ0n) is 5.83. The topological polar surface area (TPSA) is 24.4 Å². The van der Waals surface area contributed by atoms with Crippen LogP contribution >= 0.6 is 0 Å². The molecule has 1 N–H and O–H groups in total. The van der Waals surface area contributed by atoms with Gasteiger partial charge < -0.3 is 5.32 Å². The SMILES string of the molecule is CN=CC=CC=CNC. The summed E-state index contributed by atoms with van der Waals surface area (Å²) in [6, 6.07) is 0. The fourth-order valence-electron chi connectivity index (χ4n) is 0.352. The minimum Gasteiger partial charge on any atom is -0.394 e. The molecule has 0 spiro atoms. The number of rotatable bonds is 3. The van der Waals surface area contributed by atoms with Gasteiger partial charge in [-0.05, 0) is 18.4 Å². The predicted octanol–water partition coefficient (Wildman–Crippen LogP) is 0.976. The van der Waals surface area contributed by atoms with Crippen molar-refractivity contribution in [1.82, 2.24) is 5.32 Å². The van der Waals surface area contributed by atoms with Crippen LogP contribution < -0.4 is 5.32 Å².